The Morgan fingerprint density at radius 1 is 1.06 bits per heavy atom. The van der Waals surface area contributed by atoms with Gasteiger partial charge in [0.2, 0.25) is 0 Å². The van der Waals surface area contributed by atoms with Gasteiger partial charge in [-0.1, -0.05) is 42.1 Å². The normalized spacial score (nSPS) is 10.1. The first-order valence-electron chi connectivity index (χ1n) is 5.08. The van der Waals surface area contributed by atoms with Gasteiger partial charge in [0.1, 0.15) is 0 Å². The third kappa shape index (κ3) is 2.52. The van der Waals surface area contributed by atoms with Gasteiger partial charge in [-0.05, 0) is 30.7 Å². The second kappa shape index (κ2) is 4.99. The second-order valence-electron chi connectivity index (χ2n) is 3.57. The highest BCUT2D eigenvalue weighted by Gasteiger charge is 2.03. The van der Waals surface area contributed by atoms with Gasteiger partial charge in [-0.25, -0.2) is 0 Å². The fourth-order valence-corrected chi connectivity index (χ4v) is 2.47. The van der Waals surface area contributed by atoms with Crippen LogP contribution in [0.3, 0.4) is 0 Å². The summed E-state index contributed by atoms with van der Waals surface area (Å²) in [5.41, 5.74) is 1.92. The molecular weight excluding hydrogens is 216 g/mol. The van der Waals surface area contributed by atoms with E-state index in [0.717, 1.165) is 21.6 Å². The number of hydrogen-bond donors (Lipinski definition) is 0. The van der Waals surface area contributed by atoms with Crippen molar-refractivity contribution < 1.29 is 4.79 Å². The predicted octanol–water partition coefficient (Wildman–Crippen LogP) is 3.96. The zero-order valence-corrected chi connectivity index (χ0v) is 9.83. The fraction of sp³-hybridized carbons (Fsp3) is 0.0714. The quantitative estimate of drug-likeness (QED) is 0.740. The minimum Gasteiger partial charge on any atom is -0.298 e. The van der Waals surface area contributed by atoms with E-state index >= 15 is 0 Å². The zero-order chi connectivity index (χ0) is 11.4. The molecule has 0 radical (unpaired) electrons. The number of aldehydes is 1. The van der Waals surface area contributed by atoms with Crippen molar-refractivity contribution in [2.24, 2.45) is 0 Å². The van der Waals surface area contributed by atoms with Gasteiger partial charge in [-0.2, -0.15) is 0 Å². The van der Waals surface area contributed by atoms with Gasteiger partial charge < -0.3 is 0 Å². The lowest BCUT2D eigenvalue weighted by atomic mass is 10.2. The molecule has 0 aliphatic heterocycles. The number of benzene rings is 2. The maximum atomic E-state index is 10.9. The smallest absolute Gasteiger partial charge is 0.151 e. The van der Waals surface area contributed by atoms with Crippen LogP contribution in [0.2, 0.25) is 0 Å². The van der Waals surface area contributed by atoms with Gasteiger partial charge in [-0.3, -0.25) is 4.79 Å². The summed E-state index contributed by atoms with van der Waals surface area (Å²) in [6, 6.07) is 15.9. The molecule has 1 nitrogen and oxygen atoms in total. The molecular formula is C14H12OS. The monoisotopic (exact) mass is 228 g/mol. The van der Waals surface area contributed by atoms with Crippen LogP contribution in [0.15, 0.2) is 58.3 Å². The Labute approximate surface area is 99.5 Å². The molecule has 0 saturated heterocycles. The van der Waals surface area contributed by atoms with Crippen molar-refractivity contribution in [1.29, 1.82) is 0 Å². The van der Waals surface area contributed by atoms with E-state index < -0.39 is 0 Å². The molecule has 0 aliphatic carbocycles. The topological polar surface area (TPSA) is 17.1 Å². The van der Waals surface area contributed by atoms with Gasteiger partial charge in [0.05, 0.1) is 0 Å². The molecule has 2 rings (SSSR count). The van der Waals surface area contributed by atoms with Gasteiger partial charge in [0.15, 0.2) is 6.29 Å². The minimum atomic E-state index is 0.749. The average molecular weight is 228 g/mol. The van der Waals surface area contributed by atoms with Crippen LogP contribution in [0.5, 0.6) is 0 Å². The predicted molar refractivity (Wildman–Crippen MR) is 67.1 cm³/mol. The SMILES string of the molecule is Cc1ccc(C=O)c(Sc2ccccc2)c1. The summed E-state index contributed by atoms with van der Waals surface area (Å²) < 4.78 is 0. The Morgan fingerprint density at radius 2 is 1.81 bits per heavy atom. The van der Waals surface area contributed by atoms with E-state index in [1.807, 2.05) is 55.5 Å². The van der Waals surface area contributed by atoms with Crippen molar-refractivity contribution in [3.63, 3.8) is 0 Å². The standard InChI is InChI=1S/C14H12OS/c1-11-7-8-12(10-15)14(9-11)16-13-5-3-2-4-6-13/h2-10H,1H3. The van der Waals surface area contributed by atoms with E-state index in [2.05, 4.69) is 0 Å². The van der Waals surface area contributed by atoms with Crippen molar-refractivity contribution in [2.75, 3.05) is 0 Å². The number of rotatable bonds is 3. The van der Waals surface area contributed by atoms with Crippen LogP contribution in [0.1, 0.15) is 15.9 Å². The average Bonchev–Trinajstić information content (AvgIpc) is 2.31. The van der Waals surface area contributed by atoms with Gasteiger partial charge in [-0.15, -0.1) is 0 Å². The summed E-state index contributed by atoms with van der Waals surface area (Å²) in [7, 11) is 0. The summed E-state index contributed by atoms with van der Waals surface area (Å²) >= 11 is 1.62. The van der Waals surface area contributed by atoms with Crippen LogP contribution >= 0.6 is 11.8 Å². The Hall–Kier alpha value is -1.54. The number of aryl methyl sites for hydroxylation is 1. The van der Waals surface area contributed by atoms with Crippen LogP contribution in [-0.2, 0) is 0 Å². The number of carbonyl (C=O) groups is 1. The number of hydrogen-bond acceptors (Lipinski definition) is 2. The summed E-state index contributed by atoms with van der Waals surface area (Å²) in [5, 5.41) is 0. The van der Waals surface area contributed by atoms with Gasteiger partial charge in [0, 0.05) is 15.4 Å². The molecule has 0 aromatic heterocycles. The molecule has 0 atom stereocenters. The van der Waals surface area contributed by atoms with E-state index in [1.54, 1.807) is 11.8 Å². The van der Waals surface area contributed by atoms with Gasteiger partial charge in [0.25, 0.3) is 0 Å². The summed E-state index contributed by atoms with van der Waals surface area (Å²) in [5.74, 6) is 0. The highest BCUT2D eigenvalue weighted by molar-refractivity contribution is 7.99. The van der Waals surface area contributed by atoms with Crippen molar-refractivity contribution in [1.82, 2.24) is 0 Å². The molecule has 0 spiro atoms. The lowest BCUT2D eigenvalue weighted by Gasteiger charge is -2.05. The highest BCUT2D eigenvalue weighted by Crippen LogP contribution is 2.30. The maximum absolute atomic E-state index is 10.9. The van der Waals surface area contributed by atoms with Crippen molar-refractivity contribution in [3.05, 3.63) is 59.7 Å². The lowest BCUT2D eigenvalue weighted by molar-refractivity contribution is 0.112. The molecule has 0 heterocycles. The Kier molecular flexibility index (Phi) is 3.42. The summed E-state index contributed by atoms with van der Waals surface area (Å²) in [4.78, 5) is 13.1. The number of carbonyl (C=O) groups excluding carboxylic acids is 1. The molecule has 0 aliphatic rings. The molecule has 16 heavy (non-hydrogen) atoms. The summed E-state index contributed by atoms with van der Waals surface area (Å²) in [6.45, 7) is 2.03. The Balaban J connectivity index is 2.33. The van der Waals surface area contributed by atoms with Crippen LogP contribution < -0.4 is 0 Å². The highest BCUT2D eigenvalue weighted by atomic mass is 32.2. The van der Waals surface area contributed by atoms with Crippen LogP contribution in [0.4, 0.5) is 0 Å². The van der Waals surface area contributed by atoms with Crippen LogP contribution in [-0.4, -0.2) is 6.29 Å². The van der Waals surface area contributed by atoms with Crippen LogP contribution in [0.25, 0.3) is 0 Å². The Bertz CT molecular complexity index is 491. The molecule has 2 aromatic rings. The van der Waals surface area contributed by atoms with Crippen molar-refractivity contribution >= 4 is 18.0 Å². The fourth-order valence-electron chi connectivity index (χ4n) is 1.44. The first kappa shape index (κ1) is 11.0. The lowest BCUT2D eigenvalue weighted by Crippen LogP contribution is -1.86. The first-order chi connectivity index (χ1) is 7.79. The first-order valence-corrected chi connectivity index (χ1v) is 5.90. The van der Waals surface area contributed by atoms with E-state index in [0.29, 0.717) is 0 Å². The van der Waals surface area contributed by atoms with Gasteiger partial charge >= 0.3 is 0 Å². The van der Waals surface area contributed by atoms with Crippen LogP contribution in [0, 0.1) is 6.92 Å². The summed E-state index contributed by atoms with van der Waals surface area (Å²) in [6.07, 6.45) is 0.907. The van der Waals surface area contributed by atoms with Crippen molar-refractivity contribution in [2.45, 2.75) is 16.7 Å². The molecule has 0 unspecified atom stereocenters. The van der Waals surface area contributed by atoms with E-state index in [1.165, 1.54) is 5.56 Å². The minimum absolute atomic E-state index is 0.749. The molecule has 0 amide bonds. The Morgan fingerprint density at radius 3 is 2.50 bits per heavy atom. The zero-order valence-electron chi connectivity index (χ0n) is 9.01. The largest absolute Gasteiger partial charge is 0.298 e. The third-order valence-corrected chi connectivity index (χ3v) is 3.35. The molecule has 2 heteroatoms. The molecule has 2 aromatic carbocycles. The molecule has 0 fully saturated rings. The molecule has 0 saturated carbocycles. The molecule has 80 valence electrons. The van der Waals surface area contributed by atoms with Crippen molar-refractivity contribution in [3.8, 4) is 0 Å². The molecule has 0 bridgehead atoms. The second-order valence-corrected chi connectivity index (χ2v) is 4.69. The van der Waals surface area contributed by atoms with E-state index in [4.69, 9.17) is 0 Å². The van der Waals surface area contributed by atoms with E-state index in [-0.39, 0.29) is 0 Å². The maximum Gasteiger partial charge on any atom is 0.151 e. The third-order valence-electron chi connectivity index (χ3n) is 2.27. The molecule has 0 N–H and O–H groups in total. The van der Waals surface area contributed by atoms with E-state index in [9.17, 15) is 4.79 Å².